The first-order valence-corrected chi connectivity index (χ1v) is 6.27. The number of carbonyl (C=O) groups is 1. The van der Waals surface area contributed by atoms with Gasteiger partial charge < -0.3 is 15.8 Å². The molecule has 5 heteroatoms. The van der Waals surface area contributed by atoms with Gasteiger partial charge in [-0.25, -0.2) is 0 Å². The van der Waals surface area contributed by atoms with E-state index in [9.17, 15) is 4.79 Å². The van der Waals surface area contributed by atoms with Gasteiger partial charge in [0.1, 0.15) is 5.75 Å². The van der Waals surface area contributed by atoms with Gasteiger partial charge >= 0.3 is 0 Å². The molecule has 0 saturated heterocycles. The zero-order chi connectivity index (χ0) is 14.5. The van der Waals surface area contributed by atoms with E-state index in [-0.39, 0.29) is 11.9 Å². The van der Waals surface area contributed by atoms with Crippen LogP contribution in [0.5, 0.6) is 5.75 Å². The normalized spacial score (nSPS) is 11.7. The lowest BCUT2D eigenvalue weighted by Crippen LogP contribution is -2.27. The number of benzene rings is 1. The molecule has 1 amide bonds. The van der Waals surface area contributed by atoms with Gasteiger partial charge in [-0.05, 0) is 31.2 Å². The fourth-order valence-corrected chi connectivity index (χ4v) is 1.88. The number of nitrogens with one attached hydrogen (secondary N) is 1. The van der Waals surface area contributed by atoms with E-state index >= 15 is 0 Å². The molecule has 1 atom stereocenters. The molecule has 1 aromatic heterocycles. The number of nitrogen functional groups attached to an aromatic ring is 1. The van der Waals surface area contributed by atoms with Gasteiger partial charge in [-0.15, -0.1) is 0 Å². The van der Waals surface area contributed by atoms with Crippen LogP contribution in [0.25, 0.3) is 0 Å². The molecule has 2 rings (SSSR count). The second-order valence-electron chi connectivity index (χ2n) is 4.41. The Labute approximate surface area is 117 Å². The lowest BCUT2D eigenvalue weighted by atomic mass is 10.1. The first-order valence-electron chi connectivity index (χ1n) is 6.27. The highest BCUT2D eigenvalue weighted by Crippen LogP contribution is 2.22. The van der Waals surface area contributed by atoms with Gasteiger partial charge in [-0.1, -0.05) is 6.07 Å². The number of hydrogen-bond donors (Lipinski definition) is 2. The summed E-state index contributed by atoms with van der Waals surface area (Å²) in [6.45, 7) is 1.88. The van der Waals surface area contributed by atoms with Crippen LogP contribution in [0.15, 0.2) is 42.6 Å². The highest BCUT2D eigenvalue weighted by atomic mass is 16.5. The van der Waals surface area contributed by atoms with Crippen LogP contribution in [-0.4, -0.2) is 18.0 Å². The highest BCUT2D eigenvalue weighted by Gasteiger charge is 2.16. The molecule has 0 radical (unpaired) electrons. The smallest absolute Gasteiger partial charge is 0.255 e. The number of pyridine rings is 1. The summed E-state index contributed by atoms with van der Waals surface area (Å²) in [4.78, 5) is 16.5. The summed E-state index contributed by atoms with van der Waals surface area (Å²) >= 11 is 0. The van der Waals surface area contributed by atoms with Crippen molar-refractivity contribution in [3.63, 3.8) is 0 Å². The second-order valence-corrected chi connectivity index (χ2v) is 4.41. The Balaban J connectivity index is 2.16. The van der Waals surface area contributed by atoms with E-state index in [0.717, 1.165) is 5.69 Å². The topological polar surface area (TPSA) is 77.2 Å². The Morgan fingerprint density at radius 3 is 2.80 bits per heavy atom. The van der Waals surface area contributed by atoms with Gasteiger partial charge in [0.25, 0.3) is 5.91 Å². The number of nitrogens with zero attached hydrogens (tertiary/aromatic N) is 1. The van der Waals surface area contributed by atoms with Crippen molar-refractivity contribution in [1.82, 2.24) is 10.3 Å². The summed E-state index contributed by atoms with van der Waals surface area (Å²) in [5.41, 5.74) is 7.48. The third-order valence-electron chi connectivity index (χ3n) is 2.95. The summed E-state index contributed by atoms with van der Waals surface area (Å²) in [6.07, 6.45) is 1.70. The third kappa shape index (κ3) is 3.06. The molecule has 0 spiro atoms. The van der Waals surface area contributed by atoms with E-state index in [2.05, 4.69) is 10.3 Å². The Morgan fingerprint density at radius 1 is 1.35 bits per heavy atom. The summed E-state index contributed by atoms with van der Waals surface area (Å²) in [7, 11) is 1.51. The number of aromatic nitrogens is 1. The van der Waals surface area contributed by atoms with Gasteiger partial charge in [-0.2, -0.15) is 0 Å². The maximum atomic E-state index is 12.3. The molecule has 0 aliphatic heterocycles. The van der Waals surface area contributed by atoms with Gasteiger partial charge in [0, 0.05) is 18.0 Å². The van der Waals surface area contributed by atoms with Crippen molar-refractivity contribution < 1.29 is 9.53 Å². The molecule has 0 aliphatic rings. The molecule has 3 N–H and O–H groups in total. The van der Waals surface area contributed by atoms with Gasteiger partial charge in [-0.3, -0.25) is 9.78 Å². The molecule has 1 aromatic carbocycles. The molecule has 0 bridgehead atoms. The molecule has 0 aliphatic carbocycles. The molecule has 0 fully saturated rings. The summed E-state index contributed by atoms with van der Waals surface area (Å²) in [5, 5.41) is 2.88. The van der Waals surface area contributed by atoms with Crippen molar-refractivity contribution in [2.24, 2.45) is 0 Å². The molecule has 1 heterocycles. The van der Waals surface area contributed by atoms with E-state index in [1.54, 1.807) is 24.4 Å². The Kier molecular flexibility index (Phi) is 4.20. The molecule has 1 unspecified atom stereocenters. The lowest BCUT2D eigenvalue weighted by molar-refractivity contribution is 0.0936. The van der Waals surface area contributed by atoms with Crippen molar-refractivity contribution in [1.29, 1.82) is 0 Å². The lowest BCUT2D eigenvalue weighted by Gasteiger charge is -2.15. The minimum Gasteiger partial charge on any atom is -0.496 e. The van der Waals surface area contributed by atoms with E-state index in [0.29, 0.717) is 17.0 Å². The first kappa shape index (κ1) is 13.9. The number of methoxy groups -OCH3 is 1. The number of rotatable bonds is 4. The summed E-state index contributed by atoms with van der Waals surface area (Å²) in [5.74, 6) is 0.232. The number of carbonyl (C=O) groups excluding carboxylic acids is 1. The standard InChI is InChI=1S/C15H17N3O2/c1-10(13-5-3-4-8-17-13)18-15(19)12-7-6-11(16)9-14(12)20-2/h3-10H,16H2,1-2H3,(H,18,19). The average molecular weight is 271 g/mol. The zero-order valence-corrected chi connectivity index (χ0v) is 11.5. The Bertz CT molecular complexity index is 599. The highest BCUT2D eigenvalue weighted by molar-refractivity contribution is 5.97. The SMILES string of the molecule is COc1cc(N)ccc1C(=O)NC(C)c1ccccn1. The van der Waals surface area contributed by atoms with Crippen LogP contribution in [-0.2, 0) is 0 Å². The van der Waals surface area contributed by atoms with E-state index in [1.165, 1.54) is 7.11 Å². The fourth-order valence-electron chi connectivity index (χ4n) is 1.88. The minimum absolute atomic E-state index is 0.189. The first-order chi connectivity index (χ1) is 9.61. The van der Waals surface area contributed by atoms with Crippen LogP contribution in [0.1, 0.15) is 29.0 Å². The number of amides is 1. The minimum atomic E-state index is -0.222. The predicted octanol–water partition coefficient (Wildman–Crippen LogP) is 2.16. The monoisotopic (exact) mass is 271 g/mol. The van der Waals surface area contributed by atoms with E-state index in [1.807, 2.05) is 25.1 Å². The largest absolute Gasteiger partial charge is 0.496 e. The van der Waals surface area contributed by atoms with Crippen molar-refractivity contribution in [3.05, 3.63) is 53.9 Å². The molecular formula is C15H17N3O2. The fraction of sp³-hybridized carbons (Fsp3) is 0.200. The summed E-state index contributed by atoms with van der Waals surface area (Å²) in [6, 6.07) is 10.3. The zero-order valence-electron chi connectivity index (χ0n) is 11.5. The Hall–Kier alpha value is -2.56. The Morgan fingerprint density at radius 2 is 2.15 bits per heavy atom. The molecule has 5 nitrogen and oxygen atoms in total. The summed E-state index contributed by atoms with van der Waals surface area (Å²) < 4.78 is 5.18. The van der Waals surface area contributed by atoms with Crippen molar-refractivity contribution >= 4 is 11.6 Å². The van der Waals surface area contributed by atoms with Crippen molar-refractivity contribution in [3.8, 4) is 5.75 Å². The van der Waals surface area contributed by atoms with Crippen LogP contribution in [0.4, 0.5) is 5.69 Å². The van der Waals surface area contributed by atoms with Crippen LogP contribution in [0, 0.1) is 0 Å². The van der Waals surface area contributed by atoms with Gasteiger partial charge in [0.2, 0.25) is 0 Å². The van der Waals surface area contributed by atoms with Gasteiger partial charge in [0.15, 0.2) is 0 Å². The second kappa shape index (κ2) is 6.06. The number of hydrogen-bond acceptors (Lipinski definition) is 4. The van der Waals surface area contributed by atoms with Crippen molar-refractivity contribution in [2.75, 3.05) is 12.8 Å². The van der Waals surface area contributed by atoms with Crippen LogP contribution >= 0.6 is 0 Å². The van der Waals surface area contributed by atoms with Crippen molar-refractivity contribution in [2.45, 2.75) is 13.0 Å². The average Bonchev–Trinajstić information content (AvgIpc) is 2.47. The molecule has 20 heavy (non-hydrogen) atoms. The third-order valence-corrected chi connectivity index (χ3v) is 2.95. The molecule has 2 aromatic rings. The number of ether oxygens (including phenoxy) is 1. The number of nitrogens with two attached hydrogens (primary N) is 1. The van der Waals surface area contributed by atoms with E-state index in [4.69, 9.17) is 10.5 Å². The maximum Gasteiger partial charge on any atom is 0.255 e. The predicted molar refractivity (Wildman–Crippen MR) is 77.5 cm³/mol. The quantitative estimate of drug-likeness (QED) is 0.835. The maximum absolute atomic E-state index is 12.3. The van der Waals surface area contributed by atoms with Crippen LogP contribution in [0.3, 0.4) is 0 Å². The molecule has 0 saturated carbocycles. The van der Waals surface area contributed by atoms with Crippen LogP contribution in [0.2, 0.25) is 0 Å². The van der Waals surface area contributed by atoms with E-state index < -0.39 is 0 Å². The molecular weight excluding hydrogens is 254 g/mol. The van der Waals surface area contributed by atoms with Crippen LogP contribution < -0.4 is 15.8 Å². The number of anilines is 1. The van der Waals surface area contributed by atoms with Gasteiger partial charge in [0.05, 0.1) is 24.4 Å². The molecule has 104 valence electrons.